The lowest BCUT2D eigenvalue weighted by molar-refractivity contribution is -0.143. The molecule has 1 aromatic carbocycles. The van der Waals surface area contributed by atoms with E-state index in [1.165, 1.54) is 26.4 Å². The summed E-state index contributed by atoms with van der Waals surface area (Å²) in [4.78, 5) is 34.8. The van der Waals surface area contributed by atoms with E-state index in [0.717, 1.165) is 4.47 Å². The highest BCUT2D eigenvalue weighted by Gasteiger charge is 2.21. The van der Waals surface area contributed by atoms with Gasteiger partial charge in [-0.1, -0.05) is 28.1 Å². The highest BCUT2D eigenvalue weighted by atomic mass is 79.9. The van der Waals surface area contributed by atoms with Crippen LogP contribution in [0.15, 0.2) is 40.9 Å². The van der Waals surface area contributed by atoms with Crippen LogP contribution in [0.25, 0.3) is 0 Å². The molecule has 0 unspecified atom stereocenters. The van der Waals surface area contributed by atoms with Gasteiger partial charge in [0.15, 0.2) is 0 Å². The lowest BCUT2D eigenvalue weighted by atomic mass is 10.1. The summed E-state index contributed by atoms with van der Waals surface area (Å²) in [5.41, 5.74) is 0.403. The molecule has 0 spiro atoms. The van der Waals surface area contributed by atoms with E-state index in [-0.39, 0.29) is 6.42 Å². The van der Waals surface area contributed by atoms with Gasteiger partial charge in [-0.25, -0.2) is 9.59 Å². The van der Waals surface area contributed by atoms with E-state index >= 15 is 0 Å². The smallest absolute Gasteiger partial charge is 0.330 e. The standard InChI is InChI=1S/C15H16BrNO5/c1-21-13(18)8-4-7-12(15(20)22-2)17-14(19)10-5-3-6-11(16)9-10/h3-6,8-9,12H,7H2,1-2H3,(H,17,19)/b8-4+/t12-/m1/s1. The summed E-state index contributed by atoms with van der Waals surface area (Å²) in [6.07, 6.45) is 2.73. The molecule has 0 aromatic heterocycles. The Labute approximate surface area is 136 Å². The van der Waals surface area contributed by atoms with Gasteiger partial charge in [0, 0.05) is 16.1 Å². The maximum absolute atomic E-state index is 12.1. The van der Waals surface area contributed by atoms with Gasteiger partial charge in [-0.3, -0.25) is 4.79 Å². The molecule has 1 amide bonds. The molecule has 1 aromatic rings. The summed E-state index contributed by atoms with van der Waals surface area (Å²) in [6, 6.07) is 5.86. The highest BCUT2D eigenvalue weighted by Crippen LogP contribution is 2.12. The Hall–Kier alpha value is -2.15. The topological polar surface area (TPSA) is 81.7 Å². The molecule has 22 heavy (non-hydrogen) atoms. The van der Waals surface area contributed by atoms with Crippen molar-refractivity contribution in [1.82, 2.24) is 5.32 Å². The average molecular weight is 370 g/mol. The van der Waals surface area contributed by atoms with Gasteiger partial charge in [0.1, 0.15) is 6.04 Å². The SMILES string of the molecule is COC(=O)/C=C/C[C@@H](NC(=O)c1cccc(Br)c1)C(=O)OC. The van der Waals surface area contributed by atoms with Crippen molar-refractivity contribution in [2.75, 3.05) is 14.2 Å². The quantitative estimate of drug-likeness (QED) is 0.611. The zero-order chi connectivity index (χ0) is 16.5. The van der Waals surface area contributed by atoms with Crippen LogP contribution in [0, 0.1) is 0 Å². The van der Waals surface area contributed by atoms with Crippen LogP contribution in [0.1, 0.15) is 16.8 Å². The van der Waals surface area contributed by atoms with Crippen molar-refractivity contribution in [3.63, 3.8) is 0 Å². The van der Waals surface area contributed by atoms with Crippen LogP contribution in [0.4, 0.5) is 0 Å². The summed E-state index contributed by atoms with van der Waals surface area (Å²) in [5.74, 6) is -1.55. The fourth-order valence-electron chi connectivity index (χ4n) is 1.60. The molecule has 0 saturated carbocycles. The van der Waals surface area contributed by atoms with Crippen molar-refractivity contribution in [3.8, 4) is 0 Å². The molecular formula is C15H16BrNO5. The van der Waals surface area contributed by atoms with Crippen LogP contribution in [-0.2, 0) is 19.1 Å². The first-order chi connectivity index (χ1) is 10.5. The van der Waals surface area contributed by atoms with E-state index in [2.05, 4.69) is 30.7 Å². The largest absolute Gasteiger partial charge is 0.467 e. The number of rotatable bonds is 6. The number of carbonyl (C=O) groups is 3. The Kier molecular flexibility index (Phi) is 7.31. The summed E-state index contributed by atoms with van der Waals surface area (Å²) < 4.78 is 9.84. The molecule has 1 rings (SSSR count). The van der Waals surface area contributed by atoms with E-state index in [4.69, 9.17) is 0 Å². The summed E-state index contributed by atoms with van der Waals surface area (Å²) in [7, 11) is 2.48. The van der Waals surface area contributed by atoms with E-state index in [0.29, 0.717) is 5.56 Å². The molecule has 0 aliphatic carbocycles. The number of hydrogen-bond acceptors (Lipinski definition) is 5. The highest BCUT2D eigenvalue weighted by molar-refractivity contribution is 9.10. The molecule has 1 N–H and O–H groups in total. The van der Waals surface area contributed by atoms with Gasteiger partial charge in [0.05, 0.1) is 14.2 Å². The van der Waals surface area contributed by atoms with Gasteiger partial charge in [0.2, 0.25) is 0 Å². The van der Waals surface area contributed by atoms with Crippen LogP contribution in [0.3, 0.4) is 0 Å². The van der Waals surface area contributed by atoms with Crippen LogP contribution in [0.5, 0.6) is 0 Å². The van der Waals surface area contributed by atoms with Gasteiger partial charge in [0.25, 0.3) is 5.91 Å². The molecule has 0 aliphatic rings. The van der Waals surface area contributed by atoms with E-state index < -0.39 is 23.9 Å². The minimum absolute atomic E-state index is 0.113. The molecule has 118 valence electrons. The van der Waals surface area contributed by atoms with Crippen molar-refractivity contribution in [2.45, 2.75) is 12.5 Å². The normalized spacial score (nSPS) is 11.8. The minimum Gasteiger partial charge on any atom is -0.467 e. The van der Waals surface area contributed by atoms with E-state index in [1.807, 2.05) is 0 Å². The van der Waals surface area contributed by atoms with Gasteiger partial charge in [-0.2, -0.15) is 0 Å². The molecule has 0 aliphatic heterocycles. The van der Waals surface area contributed by atoms with Gasteiger partial charge >= 0.3 is 11.9 Å². The molecule has 0 bridgehead atoms. The number of hydrogen-bond donors (Lipinski definition) is 1. The first-order valence-corrected chi connectivity index (χ1v) is 7.16. The zero-order valence-corrected chi connectivity index (χ0v) is 13.8. The number of esters is 2. The third-order valence-corrected chi connectivity index (χ3v) is 3.20. The number of ether oxygens (including phenoxy) is 2. The van der Waals surface area contributed by atoms with E-state index in [1.54, 1.807) is 24.3 Å². The molecular weight excluding hydrogens is 354 g/mol. The van der Waals surface area contributed by atoms with Crippen molar-refractivity contribution in [2.24, 2.45) is 0 Å². The molecule has 0 heterocycles. The predicted octanol–water partition coefficient (Wildman–Crippen LogP) is 1.84. The number of methoxy groups -OCH3 is 2. The fraction of sp³-hybridized carbons (Fsp3) is 0.267. The number of nitrogens with one attached hydrogen (secondary N) is 1. The second-order valence-corrected chi connectivity index (χ2v) is 5.14. The molecule has 1 atom stereocenters. The van der Waals surface area contributed by atoms with Crippen LogP contribution in [-0.4, -0.2) is 38.1 Å². The average Bonchev–Trinajstić information content (AvgIpc) is 2.52. The van der Waals surface area contributed by atoms with E-state index in [9.17, 15) is 14.4 Å². The number of benzene rings is 1. The maximum atomic E-state index is 12.1. The molecule has 0 fully saturated rings. The number of carbonyl (C=O) groups excluding carboxylic acids is 3. The van der Waals surface area contributed by atoms with Crippen LogP contribution >= 0.6 is 15.9 Å². The predicted molar refractivity (Wildman–Crippen MR) is 83.2 cm³/mol. The van der Waals surface area contributed by atoms with Crippen LogP contribution < -0.4 is 5.32 Å². The lowest BCUT2D eigenvalue weighted by Gasteiger charge is -2.15. The Morgan fingerprint density at radius 2 is 2.00 bits per heavy atom. The Balaban J connectivity index is 2.76. The fourth-order valence-corrected chi connectivity index (χ4v) is 2.00. The maximum Gasteiger partial charge on any atom is 0.330 e. The monoisotopic (exact) mass is 369 g/mol. The third kappa shape index (κ3) is 5.69. The molecule has 0 radical (unpaired) electrons. The number of amides is 1. The molecule has 7 heteroatoms. The van der Waals surface area contributed by atoms with Gasteiger partial charge < -0.3 is 14.8 Å². The Morgan fingerprint density at radius 3 is 2.59 bits per heavy atom. The van der Waals surface area contributed by atoms with Crippen molar-refractivity contribution in [1.29, 1.82) is 0 Å². The zero-order valence-electron chi connectivity index (χ0n) is 12.2. The lowest BCUT2D eigenvalue weighted by Crippen LogP contribution is -2.41. The van der Waals surface area contributed by atoms with Gasteiger partial charge in [-0.15, -0.1) is 0 Å². The number of halogens is 1. The molecule has 6 nitrogen and oxygen atoms in total. The van der Waals surface area contributed by atoms with Crippen molar-refractivity contribution in [3.05, 3.63) is 46.5 Å². The Morgan fingerprint density at radius 1 is 1.27 bits per heavy atom. The van der Waals surface area contributed by atoms with Crippen molar-refractivity contribution >= 4 is 33.8 Å². The van der Waals surface area contributed by atoms with Gasteiger partial charge in [-0.05, 0) is 24.6 Å². The van der Waals surface area contributed by atoms with Crippen LogP contribution in [0.2, 0.25) is 0 Å². The summed E-state index contributed by atoms with van der Waals surface area (Å²) in [6.45, 7) is 0. The minimum atomic E-state index is -0.891. The first kappa shape index (κ1) is 17.9. The second-order valence-electron chi connectivity index (χ2n) is 4.22. The molecule has 0 saturated heterocycles. The van der Waals surface area contributed by atoms with Crippen molar-refractivity contribution < 1.29 is 23.9 Å². The summed E-state index contributed by atoms with van der Waals surface area (Å²) >= 11 is 3.27. The first-order valence-electron chi connectivity index (χ1n) is 6.36. The Bertz CT molecular complexity index is 585. The summed E-state index contributed by atoms with van der Waals surface area (Å²) in [5, 5.41) is 2.57. The second kappa shape index (κ2) is 8.99. The third-order valence-electron chi connectivity index (χ3n) is 2.70.